The highest BCUT2D eigenvalue weighted by molar-refractivity contribution is 5.95. The molecule has 0 bridgehead atoms. The maximum absolute atomic E-state index is 13.7. The quantitative estimate of drug-likeness (QED) is 0.840. The molecule has 1 saturated heterocycles. The van der Waals surface area contributed by atoms with Gasteiger partial charge in [0.2, 0.25) is 5.91 Å². The number of hydrogen-bond acceptors (Lipinski definition) is 4. The van der Waals surface area contributed by atoms with Crippen LogP contribution in [0.15, 0.2) is 36.4 Å². The molecule has 2 aromatic rings. The molecule has 0 radical (unpaired) electrons. The third kappa shape index (κ3) is 5.12. The molecule has 0 atom stereocenters. The van der Waals surface area contributed by atoms with E-state index < -0.39 is 5.82 Å². The minimum Gasteiger partial charge on any atom is -0.494 e. The molecule has 1 fully saturated rings. The van der Waals surface area contributed by atoms with Crippen LogP contribution in [0.5, 0.6) is 5.75 Å². The maximum atomic E-state index is 13.7. The van der Waals surface area contributed by atoms with Crippen LogP contribution in [0.2, 0.25) is 0 Å². The summed E-state index contributed by atoms with van der Waals surface area (Å²) in [5.41, 5.74) is 3.34. The van der Waals surface area contributed by atoms with Crippen LogP contribution in [0.4, 0.5) is 10.1 Å². The number of piperazine rings is 1. The fraction of sp³-hybridized carbons (Fsp3) is 0.364. The molecule has 2 amide bonds. The van der Waals surface area contributed by atoms with E-state index in [1.807, 2.05) is 41.8 Å². The van der Waals surface area contributed by atoms with Crippen LogP contribution in [-0.2, 0) is 4.79 Å². The number of benzene rings is 2. The van der Waals surface area contributed by atoms with Gasteiger partial charge in [-0.05, 0) is 49.2 Å². The Labute approximate surface area is 170 Å². The molecule has 154 valence electrons. The summed E-state index contributed by atoms with van der Waals surface area (Å²) in [6, 6.07) is 10.0. The van der Waals surface area contributed by atoms with Crippen molar-refractivity contribution in [3.63, 3.8) is 0 Å². The van der Waals surface area contributed by atoms with Gasteiger partial charge in [-0.3, -0.25) is 14.5 Å². The first-order valence-electron chi connectivity index (χ1n) is 9.59. The number of aryl methyl sites for hydroxylation is 2. The van der Waals surface area contributed by atoms with Crippen molar-refractivity contribution >= 4 is 17.5 Å². The van der Waals surface area contributed by atoms with Gasteiger partial charge in [0.05, 0.1) is 13.7 Å². The smallest absolute Gasteiger partial charge is 0.253 e. The Hall–Kier alpha value is -2.93. The molecule has 0 spiro atoms. The van der Waals surface area contributed by atoms with E-state index in [2.05, 4.69) is 5.32 Å². The molecule has 0 aromatic heterocycles. The van der Waals surface area contributed by atoms with E-state index in [1.165, 1.54) is 19.2 Å². The SMILES string of the molecule is COc1ccc(NC(=O)CN2CCN(C(=O)c3ccc(C)c(C)c3)CC2)cc1F. The molecule has 29 heavy (non-hydrogen) atoms. The fourth-order valence-electron chi connectivity index (χ4n) is 3.31. The number of methoxy groups -OCH3 is 1. The molecule has 2 aromatic carbocycles. The third-order valence-electron chi connectivity index (χ3n) is 5.22. The fourth-order valence-corrected chi connectivity index (χ4v) is 3.31. The van der Waals surface area contributed by atoms with Gasteiger partial charge in [-0.15, -0.1) is 0 Å². The van der Waals surface area contributed by atoms with Gasteiger partial charge in [-0.1, -0.05) is 6.07 Å². The molecule has 0 aliphatic carbocycles. The highest BCUT2D eigenvalue weighted by Gasteiger charge is 2.23. The van der Waals surface area contributed by atoms with Crippen LogP contribution in [0.1, 0.15) is 21.5 Å². The molecule has 1 heterocycles. The lowest BCUT2D eigenvalue weighted by atomic mass is 10.1. The van der Waals surface area contributed by atoms with E-state index in [0.717, 1.165) is 11.1 Å². The molecule has 7 heteroatoms. The summed E-state index contributed by atoms with van der Waals surface area (Å²) >= 11 is 0. The van der Waals surface area contributed by atoms with Crippen LogP contribution in [0, 0.1) is 19.7 Å². The zero-order valence-electron chi connectivity index (χ0n) is 17.0. The molecule has 1 aliphatic rings. The minimum atomic E-state index is -0.524. The molecular weight excluding hydrogens is 373 g/mol. The van der Waals surface area contributed by atoms with Crippen molar-refractivity contribution < 1.29 is 18.7 Å². The second-order valence-electron chi connectivity index (χ2n) is 7.26. The van der Waals surface area contributed by atoms with Gasteiger partial charge in [0, 0.05) is 43.5 Å². The Kier molecular flexibility index (Phi) is 6.49. The lowest BCUT2D eigenvalue weighted by Crippen LogP contribution is -2.50. The van der Waals surface area contributed by atoms with Gasteiger partial charge in [0.25, 0.3) is 5.91 Å². The largest absolute Gasteiger partial charge is 0.494 e. The van der Waals surface area contributed by atoms with E-state index >= 15 is 0 Å². The Morgan fingerprint density at radius 1 is 1.03 bits per heavy atom. The summed E-state index contributed by atoms with van der Waals surface area (Å²) in [6.07, 6.45) is 0. The Morgan fingerprint density at radius 2 is 1.76 bits per heavy atom. The number of nitrogens with one attached hydrogen (secondary N) is 1. The van der Waals surface area contributed by atoms with Crippen LogP contribution in [-0.4, -0.2) is 61.4 Å². The van der Waals surface area contributed by atoms with E-state index in [4.69, 9.17) is 4.74 Å². The summed E-state index contributed by atoms with van der Waals surface area (Å²) in [5.74, 6) is -0.592. The molecule has 0 saturated carbocycles. The Bertz CT molecular complexity index is 908. The van der Waals surface area contributed by atoms with Gasteiger partial charge in [-0.25, -0.2) is 4.39 Å². The number of halogens is 1. The van der Waals surface area contributed by atoms with Crippen LogP contribution in [0.3, 0.4) is 0 Å². The molecule has 3 rings (SSSR count). The second-order valence-corrected chi connectivity index (χ2v) is 7.26. The first-order valence-corrected chi connectivity index (χ1v) is 9.59. The van der Waals surface area contributed by atoms with Crippen molar-refractivity contribution in [3.8, 4) is 5.75 Å². The highest BCUT2D eigenvalue weighted by atomic mass is 19.1. The summed E-state index contributed by atoms with van der Waals surface area (Å²) in [6.45, 7) is 6.57. The molecule has 0 unspecified atom stereocenters. The maximum Gasteiger partial charge on any atom is 0.253 e. The monoisotopic (exact) mass is 399 g/mol. The topological polar surface area (TPSA) is 61.9 Å². The number of hydrogen-bond donors (Lipinski definition) is 1. The number of carbonyl (C=O) groups is 2. The molecule has 1 aliphatic heterocycles. The molecule has 6 nitrogen and oxygen atoms in total. The second kappa shape index (κ2) is 9.05. The van der Waals surface area contributed by atoms with Crippen molar-refractivity contribution in [3.05, 3.63) is 58.9 Å². The average molecular weight is 399 g/mol. The van der Waals surface area contributed by atoms with Gasteiger partial charge in [0.15, 0.2) is 11.6 Å². The zero-order valence-corrected chi connectivity index (χ0v) is 17.0. The molecular formula is C22H26FN3O3. The van der Waals surface area contributed by atoms with Crippen molar-refractivity contribution in [2.45, 2.75) is 13.8 Å². The van der Waals surface area contributed by atoms with Gasteiger partial charge in [0.1, 0.15) is 0 Å². The van der Waals surface area contributed by atoms with Crippen molar-refractivity contribution in [2.75, 3.05) is 45.2 Å². The summed E-state index contributed by atoms with van der Waals surface area (Å²) in [7, 11) is 1.39. The number of rotatable bonds is 5. The van der Waals surface area contributed by atoms with Crippen molar-refractivity contribution in [1.29, 1.82) is 0 Å². The van der Waals surface area contributed by atoms with E-state index in [-0.39, 0.29) is 24.1 Å². The standard InChI is InChI=1S/C22H26FN3O3/c1-15-4-5-17(12-16(15)2)22(28)26-10-8-25(9-11-26)14-21(27)24-18-6-7-20(29-3)19(23)13-18/h4-7,12-13H,8-11,14H2,1-3H3,(H,24,27). The van der Waals surface area contributed by atoms with E-state index in [0.29, 0.717) is 37.4 Å². The summed E-state index contributed by atoms with van der Waals surface area (Å²) < 4.78 is 18.6. The first kappa shape index (κ1) is 20.8. The number of carbonyl (C=O) groups excluding carboxylic acids is 2. The Balaban J connectivity index is 1.50. The van der Waals surface area contributed by atoms with Crippen molar-refractivity contribution in [2.24, 2.45) is 0 Å². The molecule has 1 N–H and O–H groups in total. The van der Waals surface area contributed by atoms with Crippen molar-refractivity contribution in [1.82, 2.24) is 9.80 Å². The lowest BCUT2D eigenvalue weighted by molar-refractivity contribution is -0.117. The van der Waals surface area contributed by atoms with Crippen LogP contribution in [0.25, 0.3) is 0 Å². The third-order valence-corrected chi connectivity index (χ3v) is 5.22. The summed E-state index contributed by atoms with van der Waals surface area (Å²) in [5, 5.41) is 2.70. The number of anilines is 1. The normalized spacial score (nSPS) is 14.6. The highest BCUT2D eigenvalue weighted by Crippen LogP contribution is 2.20. The summed E-state index contributed by atoms with van der Waals surface area (Å²) in [4.78, 5) is 28.8. The number of ether oxygens (including phenoxy) is 1. The predicted octanol–water partition coefficient (Wildman–Crippen LogP) is 2.85. The van der Waals surface area contributed by atoms with E-state index in [1.54, 1.807) is 6.07 Å². The lowest BCUT2D eigenvalue weighted by Gasteiger charge is -2.34. The van der Waals surface area contributed by atoms with E-state index in [9.17, 15) is 14.0 Å². The first-order chi connectivity index (χ1) is 13.9. The van der Waals surface area contributed by atoms with Crippen LogP contribution < -0.4 is 10.1 Å². The van der Waals surface area contributed by atoms with Gasteiger partial charge < -0.3 is 15.0 Å². The average Bonchev–Trinajstić information content (AvgIpc) is 2.70. The predicted molar refractivity (Wildman–Crippen MR) is 110 cm³/mol. The van der Waals surface area contributed by atoms with Gasteiger partial charge in [-0.2, -0.15) is 0 Å². The number of nitrogens with zero attached hydrogens (tertiary/aromatic N) is 2. The Morgan fingerprint density at radius 3 is 2.38 bits per heavy atom. The zero-order chi connectivity index (χ0) is 21.0. The van der Waals surface area contributed by atoms with Crippen LogP contribution >= 0.6 is 0 Å². The number of amides is 2. The van der Waals surface area contributed by atoms with Gasteiger partial charge >= 0.3 is 0 Å². The minimum absolute atomic E-state index is 0.0194.